The van der Waals surface area contributed by atoms with Gasteiger partial charge < -0.3 is 14.9 Å². The molecule has 2 aliphatic carbocycles. The quantitative estimate of drug-likeness (QED) is 0.551. The Hall–Kier alpha value is -1.13. The number of allylic oxidation sites excluding steroid dienone is 1. The lowest BCUT2D eigenvalue weighted by atomic mass is 9.81. The highest BCUT2D eigenvalue weighted by atomic mass is 16.5. The molecule has 4 heteroatoms. The summed E-state index contributed by atoms with van der Waals surface area (Å²) in [5, 5.41) is 19.5. The smallest absolute Gasteiger partial charge is 0.337 e. The monoisotopic (exact) mass is 264 g/mol. The maximum atomic E-state index is 11.8. The van der Waals surface area contributed by atoms with E-state index >= 15 is 0 Å². The largest absolute Gasteiger partial charge is 0.454 e. The third-order valence-corrected chi connectivity index (χ3v) is 5.13. The van der Waals surface area contributed by atoms with Crippen LogP contribution in [0.3, 0.4) is 0 Å². The van der Waals surface area contributed by atoms with Gasteiger partial charge in [-0.1, -0.05) is 19.1 Å². The fourth-order valence-electron chi connectivity index (χ4n) is 3.99. The van der Waals surface area contributed by atoms with E-state index in [4.69, 9.17) is 4.74 Å². The second kappa shape index (κ2) is 4.46. The van der Waals surface area contributed by atoms with E-state index in [0.717, 1.165) is 24.0 Å². The van der Waals surface area contributed by atoms with Gasteiger partial charge in [-0.25, -0.2) is 4.79 Å². The van der Waals surface area contributed by atoms with Crippen molar-refractivity contribution in [3.63, 3.8) is 0 Å². The minimum atomic E-state index is -0.387. The summed E-state index contributed by atoms with van der Waals surface area (Å²) >= 11 is 0. The predicted octanol–water partition coefficient (Wildman–Crippen LogP) is 1.18. The average molecular weight is 264 g/mol. The van der Waals surface area contributed by atoms with Gasteiger partial charge in [-0.15, -0.1) is 0 Å². The van der Waals surface area contributed by atoms with Crippen molar-refractivity contribution in [1.29, 1.82) is 0 Å². The Morgan fingerprint density at radius 3 is 2.84 bits per heavy atom. The lowest BCUT2D eigenvalue weighted by Crippen LogP contribution is -2.31. The van der Waals surface area contributed by atoms with E-state index in [1.165, 1.54) is 0 Å². The first-order chi connectivity index (χ1) is 9.04. The number of fused-ring (bicyclic) bond motifs is 3. The van der Waals surface area contributed by atoms with Crippen LogP contribution in [0.25, 0.3) is 0 Å². The van der Waals surface area contributed by atoms with E-state index in [9.17, 15) is 15.0 Å². The number of aliphatic hydroxyl groups excluding tert-OH is 2. The first-order valence-corrected chi connectivity index (χ1v) is 6.94. The second-order valence-corrected chi connectivity index (χ2v) is 5.99. The zero-order valence-corrected chi connectivity index (χ0v) is 11.1. The topological polar surface area (TPSA) is 66.8 Å². The SMILES string of the molecule is C=C1CCC2=C(CO)C(=O)O[C@@H]2[C@H]2[C@H](C)[C@H](O)C[C@@H]12. The van der Waals surface area contributed by atoms with Gasteiger partial charge in [-0.2, -0.15) is 0 Å². The summed E-state index contributed by atoms with van der Waals surface area (Å²) < 4.78 is 5.50. The van der Waals surface area contributed by atoms with Crippen LogP contribution in [0.5, 0.6) is 0 Å². The van der Waals surface area contributed by atoms with Crippen LogP contribution in [0, 0.1) is 17.8 Å². The molecule has 2 N–H and O–H groups in total. The Balaban J connectivity index is 2.03. The summed E-state index contributed by atoms with van der Waals surface area (Å²) in [7, 11) is 0. The fourth-order valence-corrected chi connectivity index (χ4v) is 3.99. The van der Waals surface area contributed by atoms with E-state index < -0.39 is 0 Å². The Morgan fingerprint density at radius 2 is 2.16 bits per heavy atom. The fraction of sp³-hybridized carbons (Fsp3) is 0.667. The van der Waals surface area contributed by atoms with Crippen molar-refractivity contribution < 1.29 is 19.7 Å². The average Bonchev–Trinajstić information content (AvgIpc) is 2.80. The van der Waals surface area contributed by atoms with E-state index in [2.05, 4.69) is 6.58 Å². The van der Waals surface area contributed by atoms with Gasteiger partial charge in [-0.3, -0.25) is 0 Å². The standard InChI is InChI=1S/C15H20O4/c1-7-3-4-9-11(6-16)15(18)19-14(9)13-8(2)12(17)5-10(7)13/h8,10,12-14,16-17H,1,3-6H2,2H3/t8-,10+,12-,13+,14+/m1/s1. The molecule has 104 valence electrons. The molecule has 2 saturated carbocycles. The van der Waals surface area contributed by atoms with Crippen molar-refractivity contribution in [3.8, 4) is 0 Å². The second-order valence-electron chi connectivity index (χ2n) is 5.99. The number of hydrogen-bond acceptors (Lipinski definition) is 4. The highest BCUT2D eigenvalue weighted by Gasteiger charge is 2.51. The van der Waals surface area contributed by atoms with Crippen LogP contribution in [0.15, 0.2) is 23.3 Å². The molecule has 0 aromatic rings. The van der Waals surface area contributed by atoms with Crippen molar-refractivity contribution in [2.75, 3.05) is 6.61 Å². The van der Waals surface area contributed by atoms with Gasteiger partial charge >= 0.3 is 5.97 Å². The first kappa shape index (κ1) is 12.9. The molecule has 19 heavy (non-hydrogen) atoms. The molecule has 3 aliphatic rings. The number of carbonyl (C=O) groups is 1. The van der Waals surface area contributed by atoms with Crippen LogP contribution in [0.4, 0.5) is 0 Å². The molecule has 0 amide bonds. The lowest BCUT2D eigenvalue weighted by Gasteiger charge is -2.27. The predicted molar refractivity (Wildman–Crippen MR) is 69.1 cm³/mol. The van der Waals surface area contributed by atoms with E-state index in [0.29, 0.717) is 12.0 Å². The number of rotatable bonds is 1. The maximum absolute atomic E-state index is 11.8. The lowest BCUT2D eigenvalue weighted by molar-refractivity contribution is -0.143. The summed E-state index contributed by atoms with van der Waals surface area (Å²) in [5.41, 5.74) is 2.50. The van der Waals surface area contributed by atoms with Gasteiger partial charge in [0.1, 0.15) is 6.10 Å². The number of hydrogen-bond donors (Lipinski definition) is 2. The summed E-state index contributed by atoms with van der Waals surface area (Å²) in [4.78, 5) is 11.8. The molecule has 1 heterocycles. The molecule has 0 radical (unpaired) electrons. The Bertz CT molecular complexity index is 465. The highest BCUT2D eigenvalue weighted by molar-refractivity contribution is 5.92. The molecular weight excluding hydrogens is 244 g/mol. The maximum Gasteiger partial charge on any atom is 0.337 e. The van der Waals surface area contributed by atoms with Crippen LogP contribution in [-0.2, 0) is 9.53 Å². The summed E-state index contributed by atoms with van der Waals surface area (Å²) in [6.45, 7) is 5.90. The van der Waals surface area contributed by atoms with Gasteiger partial charge in [0.05, 0.1) is 18.3 Å². The molecule has 4 nitrogen and oxygen atoms in total. The molecule has 0 aromatic carbocycles. The molecule has 0 saturated heterocycles. The van der Waals surface area contributed by atoms with E-state index in [1.807, 2.05) is 6.92 Å². The van der Waals surface area contributed by atoms with E-state index in [-0.39, 0.29) is 42.5 Å². The molecule has 0 aromatic heterocycles. The van der Waals surface area contributed by atoms with Crippen LogP contribution in [0.1, 0.15) is 26.2 Å². The van der Waals surface area contributed by atoms with Gasteiger partial charge in [-0.05, 0) is 36.7 Å². The van der Waals surface area contributed by atoms with Crippen molar-refractivity contribution in [2.45, 2.75) is 38.4 Å². The van der Waals surface area contributed by atoms with Crippen LogP contribution >= 0.6 is 0 Å². The van der Waals surface area contributed by atoms with Crippen molar-refractivity contribution >= 4 is 5.97 Å². The van der Waals surface area contributed by atoms with Crippen LogP contribution in [-0.4, -0.2) is 35.0 Å². The van der Waals surface area contributed by atoms with Crippen LogP contribution in [0.2, 0.25) is 0 Å². The van der Waals surface area contributed by atoms with Gasteiger partial charge in [0.2, 0.25) is 0 Å². The molecule has 0 bridgehead atoms. The summed E-state index contributed by atoms with van der Waals surface area (Å²) in [5.74, 6) is 0.0272. The third kappa shape index (κ3) is 1.77. The zero-order valence-electron chi connectivity index (χ0n) is 11.1. The number of ether oxygens (including phenoxy) is 1. The van der Waals surface area contributed by atoms with Crippen molar-refractivity contribution in [1.82, 2.24) is 0 Å². The number of carbonyl (C=O) groups excluding carboxylic acids is 1. The highest BCUT2D eigenvalue weighted by Crippen LogP contribution is 2.51. The Labute approximate surface area is 112 Å². The summed E-state index contributed by atoms with van der Waals surface area (Å²) in [6.07, 6.45) is 1.63. The molecule has 3 rings (SSSR count). The molecule has 1 aliphatic heterocycles. The number of aliphatic hydroxyl groups is 2. The molecule has 0 unspecified atom stereocenters. The van der Waals surface area contributed by atoms with Crippen molar-refractivity contribution in [3.05, 3.63) is 23.3 Å². The first-order valence-electron chi connectivity index (χ1n) is 6.94. The summed E-state index contributed by atoms with van der Waals surface area (Å²) in [6, 6.07) is 0. The Kier molecular flexibility index (Phi) is 3.02. The van der Waals surface area contributed by atoms with Crippen LogP contribution < -0.4 is 0 Å². The molecule has 0 spiro atoms. The van der Waals surface area contributed by atoms with Gasteiger partial charge in [0, 0.05) is 5.92 Å². The minimum absolute atomic E-state index is 0.0886. The molecular formula is C15H20O4. The third-order valence-electron chi connectivity index (χ3n) is 5.13. The normalized spacial score (nSPS) is 41.9. The number of esters is 1. The van der Waals surface area contributed by atoms with Gasteiger partial charge in [0.25, 0.3) is 0 Å². The Morgan fingerprint density at radius 1 is 1.42 bits per heavy atom. The van der Waals surface area contributed by atoms with E-state index in [1.54, 1.807) is 0 Å². The van der Waals surface area contributed by atoms with Crippen molar-refractivity contribution in [2.24, 2.45) is 17.8 Å². The molecule has 2 fully saturated rings. The molecule has 5 atom stereocenters. The zero-order chi connectivity index (χ0) is 13.7. The van der Waals surface area contributed by atoms with Gasteiger partial charge in [0.15, 0.2) is 0 Å². The minimum Gasteiger partial charge on any atom is -0.454 e.